The quantitative estimate of drug-likeness (QED) is 0.898. The smallest absolute Gasteiger partial charge is 0.0771 e. The van der Waals surface area contributed by atoms with Crippen molar-refractivity contribution < 1.29 is 0 Å². The summed E-state index contributed by atoms with van der Waals surface area (Å²) >= 11 is 0. The molecule has 1 aromatic rings. The zero-order valence-electron chi connectivity index (χ0n) is 11.8. The van der Waals surface area contributed by atoms with Crippen LogP contribution in [0.5, 0.6) is 0 Å². The van der Waals surface area contributed by atoms with E-state index in [4.69, 9.17) is 0 Å². The van der Waals surface area contributed by atoms with Crippen LogP contribution in [0.15, 0.2) is 18.3 Å². The van der Waals surface area contributed by atoms with Crippen molar-refractivity contribution in [1.82, 2.24) is 20.4 Å². The first kappa shape index (κ1) is 13.0. The van der Waals surface area contributed by atoms with Crippen molar-refractivity contribution in [2.24, 2.45) is 0 Å². The Bertz CT molecular complexity index is 380. The number of nitrogens with zero attached hydrogens (tertiary/aromatic N) is 3. The van der Waals surface area contributed by atoms with Gasteiger partial charge in [0.2, 0.25) is 0 Å². The van der Waals surface area contributed by atoms with E-state index >= 15 is 0 Å². The second-order valence-electron chi connectivity index (χ2n) is 5.85. The monoisotopic (exact) mass is 260 g/mol. The summed E-state index contributed by atoms with van der Waals surface area (Å²) in [6.07, 6.45) is 8.43. The largest absolute Gasteiger partial charge is 0.314 e. The Morgan fingerprint density at radius 2 is 2.11 bits per heavy atom. The number of nitrogens with one attached hydrogen (secondary N) is 1. The molecule has 2 atom stereocenters. The Balaban J connectivity index is 1.68. The molecule has 2 bridgehead atoms. The van der Waals surface area contributed by atoms with Gasteiger partial charge < -0.3 is 5.32 Å². The van der Waals surface area contributed by atoms with Gasteiger partial charge in [0.05, 0.1) is 5.69 Å². The molecule has 0 saturated carbocycles. The van der Waals surface area contributed by atoms with E-state index in [-0.39, 0.29) is 0 Å². The molecule has 0 spiro atoms. The van der Waals surface area contributed by atoms with E-state index in [1.54, 1.807) is 6.20 Å². The molecule has 2 aliphatic rings. The third-order valence-electron chi connectivity index (χ3n) is 4.59. The summed E-state index contributed by atoms with van der Waals surface area (Å²) in [6.45, 7) is 4.28. The molecule has 4 heteroatoms. The predicted octanol–water partition coefficient (Wildman–Crippen LogP) is 1.97. The second kappa shape index (κ2) is 5.97. The minimum absolute atomic E-state index is 0.721. The van der Waals surface area contributed by atoms with Gasteiger partial charge in [-0.25, -0.2) is 0 Å². The van der Waals surface area contributed by atoms with Crippen LogP contribution in [-0.2, 0) is 6.54 Å². The maximum atomic E-state index is 4.25. The summed E-state index contributed by atoms with van der Waals surface area (Å²) < 4.78 is 0. The maximum absolute atomic E-state index is 4.25. The number of aromatic nitrogens is 2. The lowest BCUT2D eigenvalue weighted by molar-refractivity contribution is 0.0168. The van der Waals surface area contributed by atoms with E-state index in [1.807, 2.05) is 6.07 Å². The first-order chi connectivity index (χ1) is 9.36. The van der Waals surface area contributed by atoms with Crippen molar-refractivity contribution in [3.8, 4) is 0 Å². The fraction of sp³-hybridized carbons (Fsp3) is 0.733. The van der Waals surface area contributed by atoms with Crippen LogP contribution in [0.3, 0.4) is 0 Å². The highest BCUT2D eigenvalue weighted by Gasteiger charge is 2.37. The summed E-state index contributed by atoms with van der Waals surface area (Å²) in [5, 5.41) is 11.9. The van der Waals surface area contributed by atoms with Crippen LogP contribution in [0.4, 0.5) is 0 Å². The Hall–Kier alpha value is -1.00. The molecule has 1 N–H and O–H groups in total. The Morgan fingerprint density at radius 1 is 1.32 bits per heavy atom. The van der Waals surface area contributed by atoms with Gasteiger partial charge in [0.25, 0.3) is 0 Å². The lowest BCUT2D eigenvalue weighted by Gasteiger charge is -2.49. The van der Waals surface area contributed by atoms with E-state index in [2.05, 4.69) is 33.4 Å². The minimum Gasteiger partial charge on any atom is -0.314 e. The molecule has 2 aliphatic heterocycles. The zero-order chi connectivity index (χ0) is 13.1. The average molecular weight is 260 g/mol. The van der Waals surface area contributed by atoms with E-state index in [1.165, 1.54) is 32.1 Å². The van der Waals surface area contributed by atoms with E-state index in [9.17, 15) is 0 Å². The molecule has 3 rings (SSSR count). The topological polar surface area (TPSA) is 41.0 Å². The standard InChI is InChI=1S/C15H24N4/c1-2-16-13-9-14-6-3-7-15(10-13)19(14)11-12-5-4-8-17-18-12/h4-5,8,13-16H,2-3,6-7,9-11H2,1H3. The molecule has 0 aliphatic carbocycles. The molecule has 4 nitrogen and oxygen atoms in total. The number of hydrogen-bond acceptors (Lipinski definition) is 4. The molecule has 3 heterocycles. The lowest BCUT2D eigenvalue weighted by Crippen LogP contribution is -2.55. The number of hydrogen-bond donors (Lipinski definition) is 1. The molecule has 0 aromatic carbocycles. The van der Waals surface area contributed by atoms with Crippen LogP contribution in [-0.4, -0.2) is 39.8 Å². The van der Waals surface area contributed by atoms with Crippen molar-refractivity contribution in [2.45, 2.75) is 63.7 Å². The van der Waals surface area contributed by atoms with Gasteiger partial charge in [-0.15, -0.1) is 0 Å². The fourth-order valence-corrected chi connectivity index (χ4v) is 3.80. The van der Waals surface area contributed by atoms with E-state index in [0.29, 0.717) is 0 Å². The SMILES string of the molecule is CCNC1CC2CCCC(C1)N2Cc1cccnn1. The highest BCUT2D eigenvalue weighted by molar-refractivity contribution is 5.03. The summed E-state index contributed by atoms with van der Waals surface area (Å²) in [7, 11) is 0. The van der Waals surface area contributed by atoms with Crippen LogP contribution in [0, 0.1) is 0 Å². The molecular weight excluding hydrogens is 236 g/mol. The summed E-state index contributed by atoms with van der Waals surface area (Å²) in [4.78, 5) is 2.68. The van der Waals surface area contributed by atoms with Gasteiger partial charge in [0, 0.05) is 30.9 Å². The first-order valence-electron chi connectivity index (χ1n) is 7.62. The van der Waals surface area contributed by atoms with E-state index < -0.39 is 0 Å². The first-order valence-corrected chi connectivity index (χ1v) is 7.62. The molecule has 104 valence electrons. The minimum atomic E-state index is 0.721. The molecule has 19 heavy (non-hydrogen) atoms. The van der Waals surface area contributed by atoms with Crippen molar-refractivity contribution in [3.05, 3.63) is 24.0 Å². The second-order valence-corrected chi connectivity index (χ2v) is 5.85. The Kier molecular flexibility index (Phi) is 4.09. The van der Waals surface area contributed by atoms with Crippen molar-refractivity contribution >= 4 is 0 Å². The van der Waals surface area contributed by atoms with Gasteiger partial charge in [0.15, 0.2) is 0 Å². The molecule has 2 unspecified atom stereocenters. The van der Waals surface area contributed by atoms with E-state index in [0.717, 1.165) is 36.9 Å². The average Bonchev–Trinajstić information content (AvgIpc) is 2.41. The van der Waals surface area contributed by atoms with Gasteiger partial charge in [0.1, 0.15) is 0 Å². The number of rotatable bonds is 4. The normalized spacial score (nSPS) is 31.3. The third kappa shape index (κ3) is 2.95. The van der Waals surface area contributed by atoms with Crippen LogP contribution < -0.4 is 5.32 Å². The van der Waals surface area contributed by atoms with Crippen LogP contribution in [0.25, 0.3) is 0 Å². The molecule has 2 fully saturated rings. The van der Waals surface area contributed by atoms with Crippen molar-refractivity contribution in [1.29, 1.82) is 0 Å². The lowest BCUT2D eigenvalue weighted by atomic mass is 9.81. The summed E-state index contributed by atoms with van der Waals surface area (Å²) in [5.74, 6) is 0. The summed E-state index contributed by atoms with van der Waals surface area (Å²) in [5.41, 5.74) is 1.11. The van der Waals surface area contributed by atoms with Crippen LogP contribution >= 0.6 is 0 Å². The van der Waals surface area contributed by atoms with Gasteiger partial charge in [-0.1, -0.05) is 13.3 Å². The van der Waals surface area contributed by atoms with Gasteiger partial charge >= 0.3 is 0 Å². The zero-order valence-corrected chi connectivity index (χ0v) is 11.8. The predicted molar refractivity (Wildman–Crippen MR) is 75.7 cm³/mol. The molecule has 1 aromatic heterocycles. The molecule has 0 amide bonds. The fourth-order valence-electron chi connectivity index (χ4n) is 3.80. The van der Waals surface area contributed by atoms with Gasteiger partial charge in [-0.3, -0.25) is 4.90 Å². The van der Waals surface area contributed by atoms with Gasteiger partial charge in [-0.05, 0) is 44.4 Å². The maximum Gasteiger partial charge on any atom is 0.0771 e. The third-order valence-corrected chi connectivity index (χ3v) is 4.59. The number of piperidine rings is 2. The van der Waals surface area contributed by atoms with Gasteiger partial charge in [-0.2, -0.15) is 10.2 Å². The summed E-state index contributed by atoms with van der Waals surface area (Å²) in [6, 6.07) is 6.28. The highest BCUT2D eigenvalue weighted by atomic mass is 15.2. The van der Waals surface area contributed by atoms with Crippen LogP contribution in [0.1, 0.15) is 44.7 Å². The Morgan fingerprint density at radius 3 is 2.74 bits per heavy atom. The molecule has 2 saturated heterocycles. The van der Waals surface area contributed by atoms with Crippen molar-refractivity contribution in [3.63, 3.8) is 0 Å². The Labute approximate surface area is 115 Å². The van der Waals surface area contributed by atoms with Crippen molar-refractivity contribution in [2.75, 3.05) is 6.54 Å². The number of fused-ring (bicyclic) bond motifs is 2. The molecule has 0 radical (unpaired) electrons. The van der Waals surface area contributed by atoms with Crippen LogP contribution in [0.2, 0.25) is 0 Å². The highest BCUT2D eigenvalue weighted by Crippen LogP contribution is 2.34. The molecular formula is C15H24N4.